The third-order valence-electron chi connectivity index (χ3n) is 5.53. The maximum atomic E-state index is 12.7. The summed E-state index contributed by atoms with van der Waals surface area (Å²) >= 11 is 0. The van der Waals surface area contributed by atoms with E-state index in [1.807, 2.05) is 29.2 Å². The molecular weight excluding hydrogens is 354 g/mol. The summed E-state index contributed by atoms with van der Waals surface area (Å²) in [5.41, 5.74) is 2.08. The lowest BCUT2D eigenvalue weighted by Gasteiger charge is -2.37. The normalized spacial score (nSPS) is 18.4. The SMILES string of the molecule is CN(CCc1ccccc1)[C@H]1CCCN(C(=O)Nc2ccc3c(c2)OCO3)C1. The molecule has 0 radical (unpaired) electrons. The second kappa shape index (κ2) is 8.52. The van der Waals surface area contributed by atoms with Crippen molar-refractivity contribution in [3.63, 3.8) is 0 Å². The number of benzene rings is 2. The van der Waals surface area contributed by atoms with Crippen LogP contribution in [0.2, 0.25) is 0 Å². The van der Waals surface area contributed by atoms with Crippen LogP contribution in [0.25, 0.3) is 0 Å². The van der Waals surface area contributed by atoms with E-state index in [-0.39, 0.29) is 12.8 Å². The van der Waals surface area contributed by atoms with Crippen LogP contribution in [0.15, 0.2) is 48.5 Å². The Labute approximate surface area is 166 Å². The summed E-state index contributed by atoms with van der Waals surface area (Å²) in [5, 5.41) is 2.99. The van der Waals surface area contributed by atoms with Gasteiger partial charge in [0.1, 0.15) is 0 Å². The molecule has 0 bridgehead atoms. The Balaban J connectivity index is 1.30. The number of carbonyl (C=O) groups excluding carboxylic acids is 1. The predicted octanol–water partition coefficient (Wildman–Crippen LogP) is 3.59. The molecule has 28 heavy (non-hydrogen) atoms. The summed E-state index contributed by atoms with van der Waals surface area (Å²) in [6, 6.07) is 16.4. The summed E-state index contributed by atoms with van der Waals surface area (Å²) in [7, 11) is 2.16. The van der Waals surface area contributed by atoms with Crippen LogP contribution in [0.1, 0.15) is 18.4 Å². The van der Waals surface area contributed by atoms with E-state index in [1.165, 1.54) is 5.56 Å². The van der Waals surface area contributed by atoms with Gasteiger partial charge in [-0.05, 0) is 44.0 Å². The molecule has 1 N–H and O–H groups in total. The smallest absolute Gasteiger partial charge is 0.321 e. The van der Waals surface area contributed by atoms with Crippen molar-refractivity contribution in [2.45, 2.75) is 25.3 Å². The van der Waals surface area contributed by atoms with Gasteiger partial charge in [-0.15, -0.1) is 0 Å². The van der Waals surface area contributed by atoms with Crippen LogP contribution in [-0.2, 0) is 6.42 Å². The fourth-order valence-corrected chi connectivity index (χ4v) is 3.81. The van der Waals surface area contributed by atoms with Crippen LogP contribution in [0.3, 0.4) is 0 Å². The first-order valence-electron chi connectivity index (χ1n) is 9.89. The molecule has 6 nitrogen and oxygen atoms in total. The fraction of sp³-hybridized carbons (Fsp3) is 0.409. The van der Waals surface area contributed by atoms with E-state index in [0.29, 0.717) is 11.8 Å². The number of carbonyl (C=O) groups is 1. The van der Waals surface area contributed by atoms with Gasteiger partial charge in [0.2, 0.25) is 6.79 Å². The van der Waals surface area contributed by atoms with Crippen molar-refractivity contribution in [2.24, 2.45) is 0 Å². The highest BCUT2D eigenvalue weighted by Gasteiger charge is 2.26. The molecule has 2 heterocycles. The van der Waals surface area contributed by atoms with E-state index >= 15 is 0 Å². The van der Waals surface area contributed by atoms with Crippen LogP contribution >= 0.6 is 0 Å². The van der Waals surface area contributed by atoms with Gasteiger partial charge >= 0.3 is 6.03 Å². The van der Waals surface area contributed by atoms with Crippen molar-refractivity contribution in [3.05, 3.63) is 54.1 Å². The zero-order chi connectivity index (χ0) is 19.3. The highest BCUT2D eigenvalue weighted by molar-refractivity contribution is 5.89. The molecule has 0 unspecified atom stereocenters. The number of likely N-dealkylation sites (N-methyl/N-ethyl adjacent to an activating group) is 1. The van der Waals surface area contributed by atoms with E-state index in [9.17, 15) is 4.79 Å². The number of fused-ring (bicyclic) bond motifs is 1. The first kappa shape index (κ1) is 18.6. The van der Waals surface area contributed by atoms with Gasteiger partial charge in [0, 0.05) is 37.4 Å². The molecule has 0 spiro atoms. The van der Waals surface area contributed by atoms with Crippen molar-refractivity contribution in [3.8, 4) is 11.5 Å². The molecule has 1 saturated heterocycles. The van der Waals surface area contributed by atoms with Crippen LogP contribution in [-0.4, -0.2) is 55.3 Å². The Hall–Kier alpha value is -2.73. The first-order chi connectivity index (χ1) is 13.7. The molecule has 2 aromatic carbocycles. The molecule has 148 valence electrons. The molecule has 4 rings (SSSR count). The van der Waals surface area contributed by atoms with Crippen LogP contribution in [0, 0.1) is 0 Å². The van der Waals surface area contributed by atoms with Crippen molar-refractivity contribution in [1.82, 2.24) is 9.80 Å². The van der Waals surface area contributed by atoms with Crippen molar-refractivity contribution in [1.29, 1.82) is 0 Å². The largest absolute Gasteiger partial charge is 0.454 e. The molecule has 0 aliphatic carbocycles. The van der Waals surface area contributed by atoms with Gasteiger partial charge in [0.05, 0.1) is 0 Å². The van der Waals surface area contributed by atoms with E-state index in [4.69, 9.17) is 9.47 Å². The summed E-state index contributed by atoms with van der Waals surface area (Å²) in [6.45, 7) is 2.77. The van der Waals surface area contributed by atoms with Crippen LogP contribution in [0.5, 0.6) is 11.5 Å². The number of hydrogen-bond acceptors (Lipinski definition) is 4. The van der Waals surface area contributed by atoms with Gasteiger partial charge in [-0.1, -0.05) is 30.3 Å². The number of ether oxygens (including phenoxy) is 2. The number of anilines is 1. The number of hydrogen-bond donors (Lipinski definition) is 1. The molecule has 2 aromatic rings. The van der Waals surface area contributed by atoms with Gasteiger partial charge in [-0.25, -0.2) is 4.79 Å². The summed E-state index contributed by atoms with van der Waals surface area (Å²) in [4.78, 5) is 17.0. The first-order valence-corrected chi connectivity index (χ1v) is 9.89. The number of likely N-dealkylation sites (tertiary alicyclic amines) is 1. The minimum absolute atomic E-state index is 0.0555. The maximum absolute atomic E-state index is 12.7. The standard InChI is InChI=1S/C22H27N3O3/c1-24(13-11-17-6-3-2-4-7-17)19-8-5-12-25(15-19)22(26)23-18-9-10-20-21(14-18)28-16-27-20/h2-4,6-7,9-10,14,19H,5,8,11-13,15-16H2,1H3,(H,23,26)/t19-/m0/s1. The molecule has 2 amide bonds. The average Bonchev–Trinajstić information content (AvgIpc) is 3.21. The Kier molecular flexibility index (Phi) is 5.67. The van der Waals surface area contributed by atoms with Crippen molar-refractivity contribution in [2.75, 3.05) is 38.8 Å². The molecular formula is C22H27N3O3. The summed E-state index contributed by atoms with van der Waals surface area (Å²) in [5.74, 6) is 1.39. The van der Waals surface area contributed by atoms with Gasteiger partial charge in [0.25, 0.3) is 0 Å². The molecule has 2 aliphatic rings. The fourth-order valence-electron chi connectivity index (χ4n) is 3.81. The number of rotatable bonds is 5. The quantitative estimate of drug-likeness (QED) is 0.860. The van der Waals surface area contributed by atoms with Gasteiger partial charge in [-0.3, -0.25) is 0 Å². The van der Waals surface area contributed by atoms with Gasteiger partial charge in [0.15, 0.2) is 11.5 Å². The number of nitrogens with one attached hydrogen (secondary N) is 1. The molecule has 0 aromatic heterocycles. The third kappa shape index (κ3) is 4.39. The van der Waals surface area contributed by atoms with Crippen LogP contribution in [0.4, 0.5) is 10.5 Å². The lowest BCUT2D eigenvalue weighted by Crippen LogP contribution is -2.50. The van der Waals surface area contributed by atoms with E-state index in [2.05, 4.69) is 41.5 Å². The second-order valence-corrected chi connectivity index (χ2v) is 7.46. The maximum Gasteiger partial charge on any atom is 0.321 e. The van der Waals surface area contributed by atoms with E-state index in [1.54, 1.807) is 0 Å². The number of urea groups is 1. The topological polar surface area (TPSA) is 54.0 Å². The average molecular weight is 381 g/mol. The van der Waals surface area contributed by atoms with Crippen molar-refractivity contribution >= 4 is 11.7 Å². The molecule has 0 saturated carbocycles. The number of nitrogens with zero attached hydrogens (tertiary/aromatic N) is 2. The third-order valence-corrected chi connectivity index (χ3v) is 5.53. The molecule has 2 aliphatic heterocycles. The van der Waals surface area contributed by atoms with Gasteiger partial charge < -0.3 is 24.6 Å². The highest BCUT2D eigenvalue weighted by atomic mass is 16.7. The summed E-state index contributed by atoms with van der Waals surface area (Å²) < 4.78 is 10.7. The van der Waals surface area contributed by atoms with E-state index < -0.39 is 0 Å². The van der Waals surface area contributed by atoms with Gasteiger partial charge in [-0.2, -0.15) is 0 Å². The monoisotopic (exact) mass is 381 g/mol. The number of piperidine rings is 1. The number of amides is 2. The Morgan fingerprint density at radius 1 is 1.18 bits per heavy atom. The predicted molar refractivity (Wildman–Crippen MR) is 109 cm³/mol. The zero-order valence-electron chi connectivity index (χ0n) is 16.3. The summed E-state index contributed by atoms with van der Waals surface area (Å²) in [6.07, 6.45) is 3.17. The van der Waals surface area contributed by atoms with Crippen LogP contribution < -0.4 is 14.8 Å². The minimum Gasteiger partial charge on any atom is -0.454 e. The Morgan fingerprint density at radius 3 is 2.86 bits per heavy atom. The van der Waals surface area contributed by atoms with Crippen molar-refractivity contribution < 1.29 is 14.3 Å². The lowest BCUT2D eigenvalue weighted by atomic mass is 10.0. The molecule has 1 atom stereocenters. The Bertz CT molecular complexity index is 812. The minimum atomic E-state index is -0.0555. The lowest BCUT2D eigenvalue weighted by molar-refractivity contribution is 0.133. The molecule has 1 fully saturated rings. The second-order valence-electron chi connectivity index (χ2n) is 7.46. The zero-order valence-corrected chi connectivity index (χ0v) is 16.3. The molecule has 6 heteroatoms. The highest BCUT2D eigenvalue weighted by Crippen LogP contribution is 2.34. The Morgan fingerprint density at radius 2 is 2.00 bits per heavy atom. The van der Waals surface area contributed by atoms with E-state index in [0.717, 1.165) is 50.3 Å².